The van der Waals surface area contributed by atoms with Gasteiger partial charge in [-0.25, -0.2) is 14.6 Å². The summed E-state index contributed by atoms with van der Waals surface area (Å²) >= 11 is 6.13. The Morgan fingerprint density at radius 1 is 1.05 bits per heavy atom. The minimum atomic E-state index is -0.653. The monoisotopic (exact) mass is 535 g/mol. The first kappa shape index (κ1) is 25.6. The lowest BCUT2D eigenvalue weighted by atomic mass is 9.81. The Labute approximate surface area is 225 Å². The number of pyridine rings is 1. The minimum Gasteiger partial charge on any atom is -0.384 e. The summed E-state index contributed by atoms with van der Waals surface area (Å²) in [5, 5.41) is 4.48. The van der Waals surface area contributed by atoms with Crippen LogP contribution in [0.1, 0.15) is 19.3 Å². The Hall–Kier alpha value is -4.05. The molecule has 5 N–H and O–H groups in total. The van der Waals surface area contributed by atoms with Gasteiger partial charge >= 0.3 is 12.1 Å². The number of primary amides is 1. The SMILES string of the molecule is NC(=O)N1C=CC=CC=C1C1CCC[C@H](NC(=O)N2CCN(c3cc(N)nc4cc(Cl)ccc34)CC2)C1=O. The molecular weight excluding hydrogens is 506 g/mol. The van der Waals surface area contributed by atoms with E-state index in [2.05, 4.69) is 15.2 Å². The highest BCUT2D eigenvalue weighted by Crippen LogP contribution is 2.32. The van der Waals surface area contributed by atoms with Gasteiger partial charge in [0.1, 0.15) is 5.82 Å². The number of carbonyl (C=O) groups is 3. The maximum Gasteiger partial charge on any atom is 0.323 e. The second kappa shape index (κ2) is 10.7. The summed E-state index contributed by atoms with van der Waals surface area (Å²) in [6, 6.07) is 5.84. The zero-order valence-electron chi connectivity index (χ0n) is 20.8. The fourth-order valence-corrected chi connectivity index (χ4v) is 5.52. The molecule has 1 aromatic carbocycles. The van der Waals surface area contributed by atoms with Gasteiger partial charge in [0.15, 0.2) is 5.78 Å². The first-order valence-corrected chi connectivity index (χ1v) is 13.0. The Morgan fingerprint density at radius 3 is 2.61 bits per heavy atom. The van der Waals surface area contributed by atoms with E-state index in [4.69, 9.17) is 23.1 Å². The summed E-state index contributed by atoms with van der Waals surface area (Å²) in [5.41, 5.74) is 13.8. The highest BCUT2D eigenvalue weighted by Gasteiger charge is 2.37. The van der Waals surface area contributed by atoms with Crippen molar-refractivity contribution in [1.29, 1.82) is 0 Å². The van der Waals surface area contributed by atoms with Crippen LogP contribution in [0.5, 0.6) is 0 Å². The molecule has 0 spiro atoms. The molecule has 10 nitrogen and oxygen atoms in total. The molecule has 3 heterocycles. The molecule has 2 aromatic rings. The number of nitrogens with two attached hydrogens (primary N) is 2. The highest BCUT2D eigenvalue weighted by atomic mass is 35.5. The number of carbonyl (C=O) groups excluding carboxylic acids is 3. The number of benzene rings is 1. The van der Waals surface area contributed by atoms with Crippen molar-refractivity contribution >= 4 is 51.9 Å². The van der Waals surface area contributed by atoms with Crippen LogP contribution in [0.4, 0.5) is 21.1 Å². The van der Waals surface area contributed by atoms with E-state index in [0.717, 1.165) is 23.0 Å². The van der Waals surface area contributed by atoms with Crippen LogP contribution in [0.3, 0.4) is 0 Å². The lowest BCUT2D eigenvalue weighted by Gasteiger charge is -2.38. The van der Waals surface area contributed by atoms with Gasteiger partial charge in [0.25, 0.3) is 0 Å². The second-order valence-electron chi connectivity index (χ2n) is 9.62. The number of hydrogen-bond acceptors (Lipinski definition) is 6. The second-order valence-corrected chi connectivity index (χ2v) is 10.1. The lowest BCUT2D eigenvalue weighted by molar-refractivity contribution is -0.125. The van der Waals surface area contributed by atoms with Gasteiger partial charge in [-0.2, -0.15) is 0 Å². The summed E-state index contributed by atoms with van der Waals surface area (Å²) in [6.07, 6.45) is 10.4. The minimum absolute atomic E-state index is 0.109. The van der Waals surface area contributed by atoms with Crippen LogP contribution in [0.25, 0.3) is 10.9 Å². The van der Waals surface area contributed by atoms with Crippen molar-refractivity contribution < 1.29 is 14.4 Å². The zero-order chi connectivity index (χ0) is 26.8. The van der Waals surface area contributed by atoms with Crippen molar-refractivity contribution in [2.75, 3.05) is 36.8 Å². The van der Waals surface area contributed by atoms with E-state index in [-0.39, 0.29) is 11.8 Å². The number of urea groups is 2. The van der Waals surface area contributed by atoms with Gasteiger partial charge < -0.3 is 26.6 Å². The molecule has 2 aliphatic heterocycles. The summed E-state index contributed by atoms with van der Waals surface area (Å²) in [5.74, 6) is -0.225. The summed E-state index contributed by atoms with van der Waals surface area (Å²) < 4.78 is 0. The molecule has 2 atom stereocenters. The molecule has 1 saturated heterocycles. The van der Waals surface area contributed by atoms with E-state index < -0.39 is 18.0 Å². The van der Waals surface area contributed by atoms with Crippen molar-refractivity contribution in [2.45, 2.75) is 25.3 Å². The first-order valence-electron chi connectivity index (χ1n) is 12.7. The van der Waals surface area contributed by atoms with Crippen LogP contribution in [0, 0.1) is 5.92 Å². The molecule has 0 radical (unpaired) electrons. The number of nitrogens with zero attached hydrogens (tertiary/aromatic N) is 4. The molecule has 1 unspecified atom stereocenters. The average Bonchev–Trinajstić information content (AvgIpc) is 3.15. The molecule has 5 rings (SSSR count). The molecule has 1 aliphatic carbocycles. The van der Waals surface area contributed by atoms with Crippen molar-refractivity contribution in [3.05, 3.63) is 65.5 Å². The molecule has 38 heavy (non-hydrogen) atoms. The number of halogens is 1. The van der Waals surface area contributed by atoms with Gasteiger partial charge in [0.05, 0.1) is 17.5 Å². The van der Waals surface area contributed by atoms with Gasteiger partial charge in [0, 0.05) is 60.2 Å². The number of anilines is 2. The summed E-state index contributed by atoms with van der Waals surface area (Å²) in [4.78, 5) is 48.1. The largest absolute Gasteiger partial charge is 0.384 e. The number of Topliss-reactive ketones (excluding diaryl/α,β-unsaturated/α-hetero) is 1. The Kier molecular flexibility index (Phi) is 7.24. The number of fused-ring (bicyclic) bond motifs is 1. The van der Waals surface area contributed by atoms with E-state index >= 15 is 0 Å². The number of rotatable bonds is 3. The van der Waals surface area contributed by atoms with Crippen molar-refractivity contribution in [2.24, 2.45) is 11.7 Å². The smallest absolute Gasteiger partial charge is 0.323 e. The van der Waals surface area contributed by atoms with Gasteiger partial charge in [-0.1, -0.05) is 23.8 Å². The van der Waals surface area contributed by atoms with Crippen LogP contribution in [-0.2, 0) is 4.79 Å². The van der Waals surface area contributed by atoms with Crippen molar-refractivity contribution in [3.8, 4) is 0 Å². The first-order chi connectivity index (χ1) is 18.3. The number of piperazine rings is 1. The lowest BCUT2D eigenvalue weighted by Crippen LogP contribution is -2.56. The highest BCUT2D eigenvalue weighted by molar-refractivity contribution is 6.31. The number of aromatic nitrogens is 1. The van der Waals surface area contributed by atoms with Crippen molar-refractivity contribution in [1.82, 2.24) is 20.1 Å². The van der Waals surface area contributed by atoms with Crippen LogP contribution >= 0.6 is 11.6 Å². The normalized spacial score (nSPS) is 21.9. The Bertz CT molecular complexity index is 1360. The van der Waals surface area contributed by atoms with Crippen molar-refractivity contribution in [3.63, 3.8) is 0 Å². The van der Waals surface area contributed by atoms with Gasteiger partial charge in [0.2, 0.25) is 0 Å². The summed E-state index contributed by atoms with van der Waals surface area (Å²) in [7, 11) is 0. The molecule has 11 heteroatoms. The fourth-order valence-electron chi connectivity index (χ4n) is 5.35. The van der Waals surface area contributed by atoms with E-state index in [1.807, 2.05) is 18.2 Å². The summed E-state index contributed by atoms with van der Waals surface area (Å²) in [6.45, 7) is 2.19. The molecule has 0 bridgehead atoms. The number of nitrogens with one attached hydrogen (secondary N) is 1. The van der Waals surface area contributed by atoms with E-state index in [1.54, 1.807) is 41.5 Å². The molecular formula is C27H30ClN7O3. The quantitative estimate of drug-likeness (QED) is 0.551. The Morgan fingerprint density at radius 2 is 1.84 bits per heavy atom. The standard InChI is InChI=1S/C27H30ClN7O3/c28-17-8-9-18-21(15-17)31-24(29)16-23(18)33-11-13-34(14-12-33)27(38)32-20-6-4-5-19(25(20)36)22-7-2-1-3-10-35(22)26(30)37/h1-3,7-10,15-16,19-20H,4-6,11-14H2,(H2,29,31)(H2,30,37)(H,32,38)/t19?,20-/m0/s1. The van der Waals surface area contributed by atoms with Crippen LogP contribution in [0.2, 0.25) is 5.02 Å². The number of nitrogen functional groups attached to an aromatic ring is 1. The van der Waals surface area contributed by atoms with E-state index in [0.29, 0.717) is 55.6 Å². The molecule has 4 amide bonds. The van der Waals surface area contributed by atoms with Gasteiger partial charge in [-0.3, -0.25) is 9.69 Å². The Balaban J connectivity index is 1.23. The van der Waals surface area contributed by atoms with Gasteiger partial charge in [-0.15, -0.1) is 0 Å². The number of amides is 4. The molecule has 2 fully saturated rings. The van der Waals surface area contributed by atoms with Crippen LogP contribution < -0.4 is 21.7 Å². The number of allylic oxidation sites excluding steroid dienone is 5. The molecule has 1 saturated carbocycles. The van der Waals surface area contributed by atoms with Crippen LogP contribution in [-0.4, -0.2) is 64.9 Å². The molecule has 198 valence electrons. The number of ketones is 1. The fraction of sp³-hybridized carbons (Fsp3) is 0.333. The van der Waals surface area contributed by atoms with Gasteiger partial charge in [-0.05, 0) is 49.6 Å². The third-order valence-electron chi connectivity index (χ3n) is 7.24. The third-order valence-corrected chi connectivity index (χ3v) is 7.48. The molecule has 1 aromatic heterocycles. The maximum atomic E-state index is 13.4. The average molecular weight is 536 g/mol. The predicted octanol–water partition coefficient (Wildman–Crippen LogP) is 3.39. The van der Waals surface area contributed by atoms with E-state index in [9.17, 15) is 14.4 Å². The predicted molar refractivity (Wildman–Crippen MR) is 147 cm³/mol. The van der Waals surface area contributed by atoms with E-state index in [1.165, 1.54) is 4.90 Å². The third kappa shape index (κ3) is 5.17. The maximum absolute atomic E-state index is 13.4. The van der Waals surface area contributed by atoms with Crippen LogP contribution in [0.15, 0.2) is 60.5 Å². The zero-order valence-corrected chi connectivity index (χ0v) is 21.6. The molecule has 3 aliphatic rings. The number of hydrogen-bond donors (Lipinski definition) is 3. The topological polar surface area (TPSA) is 138 Å².